The molecule has 3 heteroatoms. The van der Waals surface area contributed by atoms with E-state index < -0.39 is 0 Å². The van der Waals surface area contributed by atoms with Crippen molar-refractivity contribution in [2.45, 2.75) is 19.9 Å². The highest BCUT2D eigenvalue weighted by atomic mass is 32.2. The van der Waals surface area contributed by atoms with Gasteiger partial charge in [0, 0.05) is 31.1 Å². The summed E-state index contributed by atoms with van der Waals surface area (Å²) in [5, 5.41) is 0. The van der Waals surface area contributed by atoms with E-state index in [2.05, 4.69) is 41.8 Å². The molecule has 1 aromatic rings. The van der Waals surface area contributed by atoms with Crippen LogP contribution in [0, 0.1) is 6.92 Å². The average Bonchev–Trinajstić information content (AvgIpc) is 2.57. The Kier molecular flexibility index (Phi) is 4.13. The van der Waals surface area contributed by atoms with Crippen LogP contribution in [0.5, 0.6) is 0 Å². The Hall–Kier alpha value is -0.670. The molecule has 1 heterocycles. The first-order valence-corrected chi connectivity index (χ1v) is 7.09. The third-order valence-electron chi connectivity index (χ3n) is 3.02. The van der Waals surface area contributed by atoms with Gasteiger partial charge in [-0.1, -0.05) is 17.7 Å². The number of nitrogens with zero attached hydrogens (tertiary/aromatic N) is 1. The molecule has 0 amide bonds. The zero-order valence-electron chi connectivity index (χ0n) is 9.91. The SMILES string of the molecule is Cc1ccc(N2CCCSCC2)c(CN)c1. The van der Waals surface area contributed by atoms with Crippen LogP contribution in [0.25, 0.3) is 0 Å². The predicted octanol–water partition coefficient (Wildman–Crippen LogP) is 2.40. The van der Waals surface area contributed by atoms with Crippen LogP contribution in [0.1, 0.15) is 17.5 Å². The first kappa shape index (κ1) is 11.8. The van der Waals surface area contributed by atoms with Crippen molar-refractivity contribution in [3.05, 3.63) is 29.3 Å². The minimum Gasteiger partial charge on any atom is -0.370 e. The quantitative estimate of drug-likeness (QED) is 0.855. The molecule has 1 aliphatic rings. The summed E-state index contributed by atoms with van der Waals surface area (Å²) in [7, 11) is 0. The maximum Gasteiger partial charge on any atom is 0.0412 e. The third kappa shape index (κ3) is 2.71. The molecule has 0 aliphatic carbocycles. The zero-order valence-corrected chi connectivity index (χ0v) is 10.7. The van der Waals surface area contributed by atoms with Gasteiger partial charge < -0.3 is 10.6 Å². The van der Waals surface area contributed by atoms with E-state index in [0.717, 1.165) is 6.54 Å². The second kappa shape index (κ2) is 5.60. The highest BCUT2D eigenvalue weighted by Gasteiger charge is 2.12. The number of rotatable bonds is 2. The van der Waals surface area contributed by atoms with Crippen LogP contribution in [-0.2, 0) is 6.54 Å². The van der Waals surface area contributed by atoms with Crippen LogP contribution >= 0.6 is 11.8 Å². The lowest BCUT2D eigenvalue weighted by Crippen LogP contribution is -2.27. The number of hydrogen-bond acceptors (Lipinski definition) is 3. The molecule has 0 saturated carbocycles. The summed E-state index contributed by atoms with van der Waals surface area (Å²) in [5.74, 6) is 2.53. The summed E-state index contributed by atoms with van der Waals surface area (Å²) in [5.41, 5.74) is 9.76. The molecule has 0 atom stereocenters. The minimum absolute atomic E-state index is 0.640. The molecule has 1 aliphatic heterocycles. The highest BCUT2D eigenvalue weighted by Crippen LogP contribution is 2.24. The number of nitrogens with two attached hydrogens (primary N) is 1. The van der Waals surface area contributed by atoms with E-state index >= 15 is 0 Å². The smallest absolute Gasteiger partial charge is 0.0412 e. The highest BCUT2D eigenvalue weighted by molar-refractivity contribution is 7.99. The lowest BCUT2D eigenvalue weighted by atomic mass is 10.1. The topological polar surface area (TPSA) is 29.3 Å². The Morgan fingerprint density at radius 2 is 2.19 bits per heavy atom. The first-order chi connectivity index (χ1) is 7.81. The van der Waals surface area contributed by atoms with Gasteiger partial charge in [0.25, 0.3) is 0 Å². The summed E-state index contributed by atoms with van der Waals surface area (Å²) < 4.78 is 0. The number of aryl methyl sites for hydroxylation is 1. The van der Waals surface area contributed by atoms with Crippen molar-refractivity contribution >= 4 is 17.4 Å². The standard InChI is InChI=1S/C13H20N2S/c1-11-3-4-13(12(9-11)10-14)15-5-2-7-16-8-6-15/h3-4,9H,2,5-8,10,14H2,1H3. The molecular formula is C13H20N2S. The Balaban J connectivity index is 2.23. The van der Waals surface area contributed by atoms with Crippen molar-refractivity contribution in [3.63, 3.8) is 0 Å². The maximum absolute atomic E-state index is 5.83. The molecule has 88 valence electrons. The predicted molar refractivity (Wildman–Crippen MR) is 73.2 cm³/mol. The van der Waals surface area contributed by atoms with Gasteiger partial charge in [-0.2, -0.15) is 11.8 Å². The summed E-state index contributed by atoms with van der Waals surface area (Å²) in [6.45, 7) is 5.09. The monoisotopic (exact) mass is 236 g/mol. The molecule has 1 aromatic carbocycles. The number of benzene rings is 1. The number of anilines is 1. The molecule has 0 aromatic heterocycles. The molecule has 2 nitrogen and oxygen atoms in total. The van der Waals surface area contributed by atoms with Crippen LogP contribution in [0.2, 0.25) is 0 Å². The van der Waals surface area contributed by atoms with E-state index in [1.165, 1.54) is 41.3 Å². The van der Waals surface area contributed by atoms with Gasteiger partial charge in [0.15, 0.2) is 0 Å². The van der Waals surface area contributed by atoms with Gasteiger partial charge in [-0.05, 0) is 30.7 Å². The molecule has 0 bridgehead atoms. The Bertz CT molecular complexity index is 344. The van der Waals surface area contributed by atoms with Gasteiger partial charge in [-0.3, -0.25) is 0 Å². The van der Waals surface area contributed by atoms with Gasteiger partial charge in [0.2, 0.25) is 0 Å². The Labute approximate surface area is 102 Å². The minimum atomic E-state index is 0.640. The van der Waals surface area contributed by atoms with Crippen LogP contribution in [0.4, 0.5) is 5.69 Å². The summed E-state index contributed by atoms with van der Waals surface area (Å²) in [6.07, 6.45) is 1.28. The second-order valence-electron chi connectivity index (χ2n) is 4.29. The average molecular weight is 236 g/mol. The summed E-state index contributed by atoms with van der Waals surface area (Å²) >= 11 is 2.06. The number of thioether (sulfide) groups is 1. The van der Waals surface area contributed by atoms with Gasteiger partial charge in [-0.25, -0.2) is 0 Å². The van der Waals surface area contributed by atoms with E-state index in [-0.39, 0.29) is 0 Å². The third-order valence-corrected chi connectivity index (χ3v) is 4.07. The van der Waals surface area contributed by atoms with Gasteiger partial charge >= 0.3 is 0 Å². The van der Waals surface area contributed by atoms with Crippen LogP contribution < -0.4 is 10.6 Å². The van der Waals surface area contributed by atoms with Crippen molar-refractivity contribution in [2.24, 2.45) is 5.73 Å². The van der Waals surface area contributed by atoms with Crippen molar-refractivity contribution in [1.82, 2.24) is 0 Å². The van der Waals surface area contributed by atoms with E-state index in [1.54, 1.807) is 0 Å². The van der Waals surface area contributed by atoms with Crippen LogP contribution in [0.3, 0.4) is 0 Å². The van der Waals surface area contributed by atoms with E-state index in [0.29, 0.717) is 6.54 Å². The van der Waals surface area contributed by atoms with Crippen molar-refractivity contribution in [1.29, 1.82) is 0 Å². The maximum atomic E-state index is 5.83. The fourth-order valence-corrected chi connectivity index (χ4v) is 3.06. The first-order valence-electron chi connectivity index (χ1n) is 5.93. The van der Waals surface area contributed by atoms with E-state index in [4.69, 9.17) is 5.73 Å². The van der Waals surface area contributed by atoms with Gasteiger partial charge in [0.05, 0.1) is 0 Å². The lowest BCUT2D eigenvalue weighted by Gasteiger charge is -2.25. The lowest BCUT2D eigenvalue weighted by molar-refractivity contribution is 0.808. The second-order valence-corrected chi connectivity index (χ2v) is 5.51. The molecule has 2 rings (SSSR count). The molecule has 2 N–H and O–H groups in total. The van der Waals surface area contributed by atoms with Crippen molar-refractivity contribution in [2.75, 3.05) is 29.5 Å². The molecule has 16 heavy (non-hydrogen) atoms. The molecular weight excluding hydrogens is 216 g/mol. The van der Waals surface area contributed by atoms with Crippen molar-refractivity contribution in [3.8, 4) is 0 Å². The Morgan fingerprint density at radius 1 is 1.31 bits per heavy atom. The van der Waals surface area contributed by atoms with Crippen molar-refractivity contribution < 1.29 is 0 Å². The van der Waals surface area contributed by atoms with Crippen LogP contribution in [0.15, 0.2) is 18.2 Å². The fraction of sp³-hybridized carbons (Fsp3) is 0.538. The van der Waals surface area contributed by atoms with Crippen LogP contribution in [-0.4, -0.2) is 24.6 Å². The molecule has 0 unspecified atom stereocenters. The summed E-state index contributed by atoms with van der Waals surface area (Å²) in [6, 6.07) is 6.63. The largest absolute Gasteiger partial charge is 0.370 e. The molecule has 1 fully saturated rings. The Morgan fingerprint density at radius 3 is 3.00 bits per heavy atom. The van der Waals surface area contributed by atoms with E-state index in [9.17, 15) is 0 Å². The molecule has 0 radical (unpaired) electrons. The number of hydrogen-bond donors (Lipinski definition) is 1. The van der Waals surface area contributed by atoms with E-state index in [1.807, 2.05) is 0 Å². The fourth-order valence-electron chi connectivity index (χ4n) is 2.17. The summed E-state index contributed by atoms with van der Waals surface area (Å²) in [4.78, 5) is 2.49. The molecule has 1 saturated heterocycles. The van der Waals surface area contributed by atoms with Gasteiger partial charge in [-0.15, -0.1) is 0 Å². The zero-order chi connectivity index (χ0) is 11.4. The normalized spacial score (nSPS) is 17.2. The van der Waals surface area contributed by atoms with Gasteiger partial charge in [0.1, 0.15) is 0 Å². The molecule has 0 spiro atoms.